The van der Waals surface area contributed by atoms with Crippen LogP contribution in [0.15, 0.2) is 90.9 Å². The molecule has 0 fully saturated rings. The van der Waals surface area contributed by atoms with Gasteiger partial charge >= 0.3 is 0 Å². The normalized spacial score (nSPS) is 17.3. The number of nitrogens with zero attached hydrogens (tertiary/aromatic N) is 2. The number of nitrogen functional groups attached to an aromatic ring is 1. The van der Waals surface area contributed by atoms with Crippen molar-refractivity contribution in [3.8, 4) is 0 Å². The molecule has 0 amide bonds. The number of halogens is 4. The van der Waals surface area contributed by atoms with E-state index < -0.39 is 23.6 Å². The molecule has 160 valence electrons. The average molecular weight is 452 g/mol. The number of rotatable bonds is 3. The Balaban J connectivity index is 1.68. The molecule has 2 aliphatic heterocycles. The van der Waals surface area contributed by atoms with E-state index in [4.69, 9.17) is 17.3 Å². The highest BCUT2D eigenvalue weighted by molar-refractivity contribution is 6.30. The summed E-state index contributed by atoms with van der Waals surface area (Å²) in [5.74, 6) is -2.38. The van der Waals surface area contributed by atoms with E-state index in [0.717, 1.165) is 22.9 Å². The second kappa shape index (κ2) is 7.80. The molecule has 3 aromatic rings. The highest BCUT2D eigenvalue weighted by Crippen LogP contribution is 2.46. The fourth-order valence-electron chi connectivity index (χ4n) is 4.08. The van der Waals surface area contributed by atoms with E-state index in [2.05, 4.69) is 0 Å². The Morgan fingerprint density at radius 3 is 2.44 bits per heavy atom. The van der Waals surface area contributed by atoms with E-state index in [1.807, 2.05) is 35.4 Å². The molecule has 2 heterocycles. The molecular formula is C25H17ClF3N3. The minimum Gasteiger partial charge on any atom is -0.397 e. The largest absolute Gasteiger partial charge is 0.397 e. The van der Waals surface area contributed by atoms with Crippen LogP contribution in [0.25, 0.3) is 5.57 Å². The lowest BCUT2D eigenvalue weighted by Crippen LogP contribution is -2.31. The number of fused-ring (bicyclic) bond motifs is 1. The molecule has 1 atom stereocenters. The molecule has 0 radical (unpaired) electrons. The molecule has 3 aromatic carbocycles. The minimum atomic E-state index is -0.950. The zero-order valence-electron chi connectivity index (χ0n) is 16.6. The molecule has 0 saturated heterocycles. The molecule has 7 heteroatoms. The lowest BCUT2D eigenvalue weighted by Gasteiger charge is -2.34. The van der Waals surface area contributed by atoms with E-state index in [1.165, 1.54) is 30.3 Å². The second-order valence-electron chi connectivity index (χ2n) is 7.48. The number of hydrogen-bond acceptors (Lipinski definition) is 3. The fourth-order valence-corrected chi connectivity index (χ4v) is 4.20. The van der Waals surface area contributed by atoms with E-state index in [0.29, 0.717) is 10.7 Å². The van der Waals surface area contributed by atoms with Gasteiger partial charge in [-0.2, -0.15) is 0 Å². The van der Waals surface area contributed by atoms with Gasteiger partial charge < -0.3 is 15.5 Å². The maximum Gasteiger partial charge on any atom is 0.165 e. The van der Waals surface area contributed by atoms with Gasteiger partial charge in [-0.05, 0) is 48.0 Å². The minimum absolute atomic E-state index is 0.127. The molecule has 0 saturated carbocycles. The van der Waals surface area contributed by atoms with Crippen molar-refractivity contribution in [3.63, 3.8) is 0 Å². The van der Waals surface area contributed by atoms with E-state index in [1.54, 1.807) is 23.2 Å². The Hall–Kier alpha value is -3.64. The molecule has 0 aromatic heterocycles. The summed E-state index contributed by atoms with van der Waals surface area (Å²) >= 11 is 6.04. The third-order valence-corrected chi connectivity index (χ3v) is 5.79. The van der Waals surface area contributed by atoms with Gasteiger partial charge in [-0.1, -0.05) is 41.9 Å². The summed E-state index contributed by atoms with van der Waals surface area (Å²) in [5.41, 5.74) is 9.44. The summed E-state index contributed by atoms with van der Waals surface area (Å²) in [6.07, 6.45) is 6.61. The Morgan fingerprint density at radius 1 is 0.906 bits per heavy atom. The van der Waals surface area contributed by atoms with Crippen LogP contribution in [0, 0.1) is 17.5 Å². The van der Waals surface area contributed by atoms with Gasteiger partial charge in [0, 0.05) is 28.6 Å². The first-order valence-corrected chi connectivity index (χ1v) is 10.2. The molecule has 0 bridgehead atoms. The maximum atomic E-state index is 14.9. The number of hydrogen-bond donors (Lipinski definition) is 1. The second-order valence-corrected chi connectivity index (χ2v) is 7.91. The molecule has 1 unspecified atom stereocenters. The molecule has 3 nitrogen and oxygen atoms in total. The van der Waals surface area contributed by atoms with Crippen LogP contribution in [0.2, 0.25) is 5.02 Å². The predicted molar refractivity (Wildman–Crippen MR) is 121 cm³/mol. The van der Waals surface area contributed by atoms with E-state index in [-0.39, 0.29) is 11.3 Å². The first-order chi connectivity index (χ1) is 15.4. The summed E-state index contributed by atoms with van der Waals surface area (Å²) in [4.78, 5) is 3.56. The topological polar surface area (TPSA) is 32.5 Å². The molecular weight excluding hydrogens is 435 g/mol. The third kappa shape index (κ3) is 3.33. The van der Waals surface area contributed by atoms with Crippen molar-refractivity contribution in [1.82, 2.24) is 4.90 Å². The first-order valence-electron chi connectivity index (χ1n) is 9.86. The summed E-state index contributed by atoms with van der Waals surface area (Å²) < 4.78 is 42.8. The Labute approximate surface area is 188 Å². The fraction of sp³-hybridized carbons (Fsp3) is 0.0400. The van der Waals surface area contributed by atoms with Crippen molar-refractivity contribution < 1.29 is 13.2 Å². The van der Waals surface area contributed by atoms with Crippen LogP contribution in [-0.2, 0) is 0 Å². The predicted octanol–water partition coefficient (Wildman–Crippen LogP) is 6.61. The molecule has 2 N–H and O–H groups in total. The van der Waals surface area contributed by atoms with E-state index >= 15 is 0 Å². The highest BCUT2D eigenvalue weighted by atomic mass is 35.5. The van der Waals surface area contributed by atoms with Crippen molar-refractivity contribution in [1.29, 1.82) is 0 Å². The summed E-state index contributed by atoms with van der Waals surface area (Å²) in [6, 6.07) is 15.4. The zero-order chi connectivity index (χ0) is 22.4. The molecule has 5 rings (SSSR count). The van der Waals surface area contributed by atoms with Crippen molar-refractivity contribution in [3.05, 3.63) is 125 Å². The van der Waals surface area contributed by atoms with Crippen LogP contribution in [-0.4, -0.2) is 4.90 Å². The van der Waals surface area contributed by atoms with Crippen LogP contribution in [0.1, 0.15) is 17.3 Å². The lowest BCUT2D eigenvalue weighted by atomic mass is 10.00. The first kappa shape index (κ1) is 20.3. The average Bonchev–Trinajstić information content (AvgIpc) is 3.15. The summed E-state index contributed by atoms with van der Waals surface area (Å²) in [6.45, 7) is 0. The van der Waals surface area contributed by atoms with Crippen LogP contribution in [0.5, 0.6) is 0 Å². The van der Waals surface area contributed by atoms with Gasteiger partial charge in [-0.3, -0.25) is 0 Å². The van der Waals surface area contributed by atoms with Crippen molar-refractivity contribution in [2.75, 3.05) is 10.6 Å². The molecule has 0 spiro atoms. The standard InChI is InChI=1S/C25H17ClF3N3/c26-16-8-6-15(7-9-16)18-4-2-12-31-23(18)14-32(22-11-10-17(27)13-21(22)30)25(31)19-3-1-5-20(28)24(19)29/h1-14,25H,30H2. The van der Waals surface area contributed by atoms with Crippen LogP contribution in [0.3, 0.4) is 0 Å². The summed E-state index contributed by atoms with van der Waals surface area (Å²) in [7, 11) is 0. The number of allylic oxidation sites excluding steroid dienone is 3. The number of nitrogens with two attached hydrogens (primary N) is 1. The Morgan fingerprint density at radius 2 is 1.69 bits per heavy atom. The van der Waals surface area contributed by atoms with Crippen LogP contribution < -0.4 is 10.6 Å². The Kier molecular flexibility index (Phi) is 4.94. The number of benzene rings is 3. The highest BCUT2D eigenvalue weighted by Gasteiger charge is 2.38. The van der Waals surface area contributed by atoms with Gasteiger partial charge in [0.15, 0.2) is 11.6 Å². The van der Waals surface area contributed by atoms with Crippen molar-refractivity contribution in [2.45, 2.75) is 6.17 Å². The van der Waals surface area contributed by atoms with Crippen molar-refractivity contribution in [2.24, 2.45) is 0 Å². The van der Waals surface area contributed by atoms with Crippen LogP contribution >= 0.6 is 11.6 Å². The van der Waals surface area contributed by atoms with Crippen LogP contribution in [0.4, 0.5) is 24.5 Å². The monoisotopic (exact) mass is 451 g/mol. The van der Waals surface area contributed by atoms with Gasteiger partial charge in [-0.25, -0.2) is 13.2 Å². The van der Waals surface area contributed by atoms with Gasteiger partial charge in [0.1, 0.15) is 12.0 Å². The van der Waals surface area contributed by atoms with Gasteiger partial charge in [0.05, 0.1) is 17.1 Å². The van der Waals surface area contributed by atoms with Crippen molar-refractivity contribution >= 4 is 28.5 Å². The lowest BCUT2D eigenvalue weighted by molar-refractivity contribution is 0.370. The molecule has 2 aliphatic rings. The van der Waals surface area contributed by atoms with Gasteiger partial charge in [0.25, 0.3) is 0 Å². The van der Waals surface area contributed by atoms with Gasteiger partial charge in [0.2, 0.25) is 0 Å². The SMILES string of the molecule is Nc1cc(F)ccc1N1C=C2C(c3ccc(Cl)cc3)=CC=CN2C1c1cccc(F)c1F. The quantitative estimate of drug-likeness (QED) is 0.454. The summed E-state index contributed by atoms with van der Waals surface area (Å²) in [5, 5.41) is 0.610. The van der Waals surface area contributed by atoms with E-state index in [9.17, 15) is 13.2 Å². The Bertz CT molecular complexity index is 1300. The smallest absolute Gasteiger partial charge is 0.165 e. The van der Waals surface area contributed by atoms with Gasteiger partial charge in [-0.15, -0.1) is 0 Å². The molecule has 32 heavy (non-hydrogen) atoms. The zero-order valence-corrected chi connectivity index (χ0v) is 17.4. The molecule has 0 aliphatic carbocycles. The third-order valence-electron chi connectivity index (χ3n) is 5.53. The maximum absolute atomic E-state index is 14.9. The number of anilines is 2.